The van der Waals surface area contributed by atoms with E-state index in [-0.39, 0.29) is 22.5 Å². The molecule has 0 radical (unpaired) electrons. The molecule has 0 fully saturated rings. The van der Waals surface area contributed by atoms with Gasteiger partial charge in [-0.2, -0.15) is 4.98 Å². The zero-order chi connectivity index (χ0) is 21.3. The van der Waals surface area contributed by atoms with Gasteiger partial charge in [0.1, 0.15) is 35.2 Å². The van der Waals surface area contributed by atoms with E-state index in [1.165, 1.54) is 12.6 Å². The largest absolute Gasteiger partial charge is 0.470 e. The maximum atomic E-state index is 13.2. The van der Waals surface area contributed by atoms with E-state index in [2.05, 4.69) is 35.9 Å². The topological polar surface area (TPSA) is 95.9 Å². The zero-order valence-electron chi connectivity index (χ0n) is 16.6. The first kappa shape index (κ1) is 20.0. The first-order valence-corrected chi connectivity index (χ1v) is 9.93. The molecule has 0 atom stereocenters. The van der Waals surface area contributed by atoms with Crippen LogP contribution >= 0.6 is 15.9 Å². The third-order valence-electron chi connectivity index (χ3n) is 4.52. The van der Waals surface area contributed by atoms with Crippen molar-refractivity contribution in [3.8, 4) is 22.8 Å². The third-order valence-corrected chi connectivity index (χ3v) is 5.20. The lowest BCUT2D eigenvalue weighted by atomic mass is 10.1. The van der Waals surface area contributed by atoms with E-state index in [0.29, 0.717) is 17.4 Å². The number of hydrogen-bond acceptors (Lipinski definition) is 7. The van der Waals surface area contributed by atoms with Gasteiger partial charge in [-0.3, -0.25) is 9.36 Å². The molecule has 30 heavy (non-hydrogen) atoms. The highest BCUT2D eigenvalue weighted by molar-refractivity contribution is 9.10. The highest BCUT2D eigenvalue weighted by atomic mass is 79.9. The summed E-state index contributed by atoms with van der Waals surface area (Å²) >= 11 is 3.34. The van der Waals surface area contributed by atoms with Crippen LogP contribution in [0.1, 0.15) is 23.0 Å². The molecular weight excluding hydrogens is 450 g/mol. The second kappa shape index (κ2) is 8.19. The van der Waals surface area contributed by atoms with Gasteiger partial charge in [-0.1, -0.05) is 12.1 Å². The summed E-state index contributed by atoms with van der Waals surface area (Å²) in [4.78, 5) is 30.1. The monoisotopic (exact) mass is 467 g/mol. The quantitative estimate of drug-likeness (QED) is 0.438. The van der Waals surface area contributed by atoms with Crippen molar-refractivity contribution in [3.05, 3.63) is 80.9 Å². The van der Waals surface area contributed by atoms with Crippen molar-refractivity contribution in [2.75, 3.05) is 0 Å². The lowest BCUT2D eigenvalue weighted by molar-refractivity contribution is 0.284. The van der Waals surface area contributed by atoms with E-state index in [4.69, 9.17) is 9.15 Å². The lowest BCUT2D eigenvalue weighted by Crippen LogP contribution is -2.24. The Morgan fingerprint density at radius 3 is 2.70 bits per heavy atom. The molecule has 152 valence electrons. The minimum Gasteiger partial charge on any atom is -0.470 e. The van der Waals surface area contributed by atoms with Gasteiger partial charge in [0.15, 0.2) is 5.89 Å². The van der Waals surface area contributed by atoms with E-state index < -0.39 is 0 Å². The van der Waals surface area contributed by atoms with Gasteiger partial charge in [0.2, 0.25) is 5.88 Å². The molecule has 3 heterocycles. The first-order valence-electron chi connectivity index (χ1n) is 9.14. The normalized spacial score (nSPS) is 10.9. The molecule has 0 bridgehead atoms. The van der Waals surface area contributed by atoms with E-state index in [1.807, 2.05) is 31.2 Å². The predicted molar refractivity (Wildman–Crippen MR) is 114 cm³/mol. The molecule has 1 aromatic carbocycles. The standard InChI is InChI=1S/C21H18BrN5O3/c1-12-4-5-15(17-6-7-23-11-24-17)8-18(12)27-13(2)25-20(19(22)21(27)28)30-10-16-9-29-14(3)26-16/h4-9,11H,10H2,1-3H3. The fourth-order valence-corrected chi connectivity index (χ4v) is 3.43. The maximum absolute atomic E-state index is 13.2. The van der Waals surface area contributed by atoms with Crippen molar-refractivity contribution >= 4 is 15.9 Å². The average molecular weight is 468 g/mol. The van der Waals surface area contributed by atoms with Crippen LogP contribution in [0.5, 0.6) is 5.88 Å². The Labute approximate surface area is 180 Å². The molecule has 0 spiro atoms. The number of aryl methyl sites for hydroxylation is 3. The van der Waals surface area contributed by atoms with Crippen LogP contribution in [0.4, 0.5) is 0 Å². The Morgan fingerprint density at radius 2 is 2.00 bits per heavy atom. The fourth-order valence-electron chi connectivity index (χ4n) is 3.05. The number of oxazole rings is 1. The van der Waals surface area contributed by atoms with Gasteiger partial charge in [-0.25, -0.2) is 15.0 Å². The zero-order valence-corrected chi connectivity index (χ0v) is 18.2. The summed E-state index contributed by atoms with van der Waals surface area (Å²) in [5, 5.41) is 0. The van der Waals surface area contributed by atoms with Gasteiger partial charge >= 0.3 is 0 Å². The lowest BCUT2D eigenvalue weighted by Gasteiger charge is -2.16. The van der Waals surface area contributed by atoms with Crippen molar-refractivity contribution in [1.29, 1.82) is 0 Å². The number of rotatable bonds is 5. The highest BCUT2D eigenvalue weighted by Crippen LogP contribution is 2.26. The number of halogens is 1. The second-order valence-electron chi connectivity index (χ2n) is 6.66. The molecule has 3 aromatic heterocycles. The summed E-state index contributed by atoms with van der Waals surface area (Å²) in [7, 11) is 0. The summed E-state index contributed by atoms with van der Waals surface area (Å²) in [6, 6.07) is 7.64. The maximum Gasteiger partial charge on any atom is 0.276 e. The summed E-state index contributed by atoms with van der Waals surface area (Å²) in [5.41, 5.74) is 3.65. The van der Waals surface area contributed by atoms with Crippen LogP contribution in [0, 0.1) is 20.8 Å². The molecule has 0 aliphatic carbocycles. The number of benzene rings is 1. The van der Waals surface area contributed by atoms with Gasteiger partial charge in [0.25, 0.3) is 5.56 Å². The summed E-state index contributed by atoms with van der Waals surface area (Å²) in [6.45, 7) is 5.60. The van der Waals surface area contributed by atoms with Crippen molar-refractivity contribution in [3.63, 3.8) is 0 Å². The summed E-state index contributed by atoms with van der Waals surface area (Å²) in [6.07, 6.45) is 4.69. The van der Waals surface area contributed by atoms with Gasteiger partial charge in [0.05, 0.1) is 11.4 Å². The summed E-state index contributed by atoms with van der Waals surface area (Å²) < 4.78 is 12.7. The molecule has 0 aliphatic heterocycles. The second-order valence-corrected chi connectivity index (χ2v) is 7.45. The van der Waals surface area contributed by atoms with Crippen LogP contribution in [-0.2, 0) is 6.61 Å². The Kier molecular flexibility index (Phi) is 5.45. The SMILES string of the molecule is Cc1nc(COc2nc(C)n(-c3cc(-c4ccncn4)ccc3C)c(=O)c2Br)co1. The molecule has 9 heteroatoms. The Morgan fingerprint density at radius 1 is 1.17 bits per heavy atom. The van der Waals surface area contributed by atoms with E-state index >= 15 is 0 Å². The minimum atomic E-state index is -0.267. The molecule has 4 aromatic rings. The van der Waals surface area contributed by atoms with Crippen molar-refractivity contribution < 1.29 is 9.15 Å². The smallest absolute Gasteiger partial charge is 0.276 e. The van der Waals surface area contributed by atoms with Gasteiger partial charge in [-0.15, -0.1) is 0 Å². The third kappa shape index (κ3) is 3.88. The molecule has 8 nitrogen and oxygen atoms in total. The van der Waals surface area contributed by atoms with Gasteiger partial charge in [0, 0.05) is 18.7 Å². The van der Waals surface area contributed by atoms with Crippen molar-refractivity contribution in [1.82, 2.24) is 24.5 Å². The molecule has 0 N–H and O–H groups in total. The average Bonchev–Trinajstić information content (AvgIpc) is 3.17. The molecule has 0 amide bonds. The number of hydrogen-bond donors (Lipinski definition) is 0. The van der Waals surface area contributed by atoms with Crippen molar-refractivity contribution in [2.45, 2.75) is 27.4 Å². The van der Waals surface area contributed by atoms with Crippen LogP contribution in [0.25, 0.3) is 16.9 Å². The number of aromatic nitrogens is 5. The first-order chi connectivity index (χ1) is 14.4. The van der Waals surface area contributed by atoms with Crippen LogP contribution < -0.4 is 10.3 Å². The molecule has 4 rings (SSSR count). The number of ether oxygens (including phenoxy) is 1. The van der Waals surface area contributed by atoms with E-state index in [0.717, 1.165) is 22.5 Å². The fraction of sp³-hybridized carbons (Fsp3) is 0.190. The molecule has 0 saturated heterocycles. The molecule has 0 saturated carbocycles. The molecular formula is C21H18BrN5O3. The van der Waals surface area contributed by atoms with E-state index in [1.54, 1.807) is 24.6 Å². The van der Waals surface area contributed by atoms with Crippen molar-refractivity contribution in [2.24, 2.45) is 0 Å². The molecule has 0 aliphatic rings. The summed E-state index contributed by atoms with van der Waals surface area (Å²) in [5.74, 6) is 1.25. The Bertz CT molecular complexity index is 1270. The Balaban J connectivity index is 1.73. The van der Waals surface area contributed by atoms with E-state index in [9.17, 15) is 4.79 Å². The van der Waals surface area contributed by atoms with Gasteiger partial charge < -0.3 is 9.15 Å². The van der Waals surface area contributed by atoms with Crippen LogP contribution in [-0.4, -0.2) is 24.5 Å². The predicted octanol–water partition coefficient (Wildman–Crippen LogP) is 3.94. The van der Waals surface area contributed by atoms with Crippen LogP contribution in [0.15, 0.2) is 56.7 Å². The van der Waals surface area contributed by atoms with Crippen LogP contribution in [0.3, 0.4) is 0 Å². The van der Waals surface area contributed by atoms with Gasteiger partial charge in [-0.05, 0) is 47.5 Å². The van der Waals surface area contributed by atoms with Crippen LogP contribution in [0.2, 0.25) is 0 Å². The Hall–Kier alpha value is -3.33. The molecule has 0 unspecified atom stereocenters. The minimum absolute atomic E-state index is 0.147. The number of nitrogens with zero attached hydrogens (tertiary/aromatic N) is 5. The highest BCUT2D eigenvalue weighted by Gasteiger charge is 2.17.